The van der Waals surface area contributed by atoms with E-state index in [-0.39, 0.29) is 22.8 Å². The molecule has 0 aliphatic carbocycles. The van der Waals surface area contributed by atoms with Crippen LogP contribution in [0.4, 0.5) is 0 Å². The summed E-state index contributed by atoms with van der Waals surface area (Å²) in [5.41, 5.74) is 0.870. The highest BCUT2D eigenvalue weighted by atomic mass is 16.6. The van der Waals surface area contributed by atoms with Crippen LogP contribution < -0.4 is 14.2 Å². The smallest absolute Gasteiger partial charge is 0.343 e. The van der Waals surface area contributed by atoms with Crippen molar-refractivity contribution < 1.29 is 33.6 Å². The molecule has 0 fully saturated rings. The number of ether oxygens (including phenoxy) is 4. The third-order valence-electron chi connectivity index (χ3n) is 3.42. The van der Waals surface area contributed by atoms with E-state index in [0.29, 0.717) is 11.3 Å². The van der Waals surface area contributed by atoms with E-state index in [0.717, 1.165) is 0 Å². The summed E-state index contributed by atoms with van der Waals surface area (Å²) >= 11 is 0. The van der Waals surface area contributed by atoms with E-state index < -0.39 is 11.9 Å². The second kappa shape index (κ2) is 8.57. The predicted molar refractivity (Wildman–Crippen MR) is 93.7 cm³/mol. The van der Waals surface area contributed by atoms with E-state index in [9.17, 15) is 14.7 Å². The van der Waals surface area contributed by atoms with Gasteiger partial charge in [-0.05, 0) is 42.0 Å². The summed E-state index contributed by atoms with van der Waals surface area (Å²) in [6.45, 7) is 0. The van der Waals surface area contributed by atoms with Crippen LogP contribution in [0.3, 0.4) is 0 Å². The maximum absolute atomic E-state index is 12.3. The van der Waals surface area contributed by atoms with Gasteiger partial charge in [-0.25, -0.2) is 9.59 Å². The Morgan fingerprint density at radius 3 is 2.31 bits per heavy atom. The highest BCUT2D eigenvalue weighted by Crippen LogP contribution is 2.31. The van der Waals surface area contributed by atoms with Crippen molar-refractivity contribution in [1.29, 1.82) is 0 Å². The number of phenolic OH excluding ortho intramolecular Hbond substituents is 1. The van der Waals surface area contributed by atoms with E-state index >= 15 is 0 Å². The number of carbonyl (C=O) groups excluding carboxylic acids is 2. The van der Waals surface area contributed by atoms with E-state index in [1.165, 1.54) is 45.6 Å². The molecule has 0 amide bonds. The molecule has 0 aliphatic rings. The Morgan fingerprint density at radius 1 is 0.923 bits per heavy atom. The van der Waals surface area contributed by atoms with Crippen LogP contribution in [0.2, 0.25) is 0 Å². The molecule has 2 aromatic carbocycles. The first-order chi connectivity index (χ1) is 12.5. The monoisotopic (exact) mass is 358 g/mol. The Balaban J connectivity index is 2.22. The van der Waals surface area contributed by atoms with Crippen LogP contribution >= 0.6 is 0 Å². The van der Waals surface area contributed by atoms with Gasteiger partial charge in [0.2, 0.25) is 0 Å². The van der Waals surface area contributed by atoms with Crippen LogP contribution in [0.15, 0.2) is 42.5 Å². The highest BCUT2D eigenvalue weighted by Gasteiger charge is 2.15. The second-order valence-electron chi connectivity index (χ2n) is 5.04. The van der Waals surface area contributed by atoms with Gasteiger partial charge in [0.25, 0.3) is 0 Å². The van der Waals surface area contributed by atoms with Crippen molar-refractivity contribution in [3.8, 4) is 23.0 Å². The van der Waals surface area contributed by atoms with Crippen molar-refractivity contribution in [2.45, 2.75) is 0 Å². The fourth-order valence-corrected chi connectivity index (χ4v) is 2.07. The Kier molecular flexibility index (Phi) is 6.21. The molecule has 0 saturated heterocycles. The molecule has 0 atom stereocenters. The quantitative estimate of drug-likeness (QED) is 0.482. The molecule has 0 radical (unpaired) electrons. The molecule has 0 saturated carbocycles. The van der Waals surface area contributed by atoms with Gasteiger partial charge in [0, 0.05) is 6.08 Å². The minimum Gasteiger partial charge on any atom is -0.504 e. The molecular weight excluding hydrogens is 340 g/mol. The summed E-state index contributed by atoms with van der Waals surface area (Å²) in [5.74, 6) is -0.519. The second-order valence-corrected chi connectivity index (χ2v) is 5.04. The van der Waals surface area contributed by atoms with Crippen molar-refractivity contribution in [2.24, 2.45) is 0 Å². The highest BCUT2D eigenvalue weighted by molar-refractivity contribution is 5.92. The van der Waals surface area contributed by atoms with Crippen LogP contribution in [-0.4, -0.2) is 38.4 Å². The molecule has 0 spiro atoms. The average molecular weight is 358 g/mol. The fourth-order valence-electron chi connectivity index (χ4n) is 2.07. The van der Waals surface area contributed by atoms with E-state index in [4.69, 9.17) is 14.2 Å². The molecule has 26 heavy (non-hydrogen) atoms. The molecule has 7 nitrogen and oxygen atoms in total. The van der Waals surface area contributed by atoms with Crippen LogP contribution in [0.25, 0.3) is 6.08 Å². The minimum atomic E-state index is -0.639. The van der Waals surface area contributed by atoms with Crippen LogP contribution in [-0.2, 0) is 9.53 Å². The number of carbonyl (C=O) groups is 2. The number of rotatable bonds is 6. The van der Waals surface area contributed by atoms with E-state index in [1.807, 2.05) is 0 Å². The van der Waals surface area contributed by atoms with E-state index in [2.05, 4.69) is 4.74 Å². The predicted octanol–water partition coefficient (Wildman–Crippen LogP) is 2.81. The Hall–Kier alpha value is -3.48. The number of phenols is 1. The largest absolute Gasteiger partial charge is 0.504 e. The zero-order chi connectivity index (χ0) is 19.1. The first-order valence-electron chi connectivity index (χ1n) is 7.51. The topological polar surface area (TPSA) is 91.3 Å². The van der Waals surface area contributed by atoms with Crippen molar-refractivity contribution in [2.75, 3.05) is 21.3 Å². The summed E-state index contributed by atoms with van der Waals surface area (Å²) in [6, 6.07) is 8.94. The lowest BCUT2D eigenvalue weighted by atomic mass is 10.1. The van der Waals surface area contributed by atoms with Crippen LogP contribution in [0.1, 0.15) is 15.9 Å². The molecule has 0 aromatic heterocycles. The minimum absolute atomic E-state index is 0.0802. The van der Waals surface area contributed by atoms with Crippen molar-refractivity contribution >= 4 is 18.0 Å². The third-order valence-corrected chi connectivity index (χ3v) is 3.42. The lowest BCUT2D eigenvalue weighted by molar-refractivity contribution is -0.134. The van der Waals surface area contributed by atoms with Crippen molar-refractivity contribution in [1.82, 2.24) is 0 Å². The maximum Gasteiger partial charge on any atom is 0.343 e. The first kappa shape index (κ1) is 18.9. The van der Waals surface area contributed by atoms with Crippen molar-refractivity contribution in [3.63, 3.8) is 0 Å². The van der Waals surface area contributed by atoms with Gasteiger partial charge >= 0.3 is 11.9 Å². The normalized spacial score (nSPS) is 10.4. The third kappa shape index (κ3) is 4.54. The van der Waals surface area contributed by atoms with Crippen LogP contribution in [0, 0.1) is 0 Å². The van der Waals surface area contributed by atoms with Gasteiger partial charge in [-0.1, -0.05) is 6.07 Å². The molecule has 2 rings (SSSR count). The number of esters is 2. The maximum atomic E-state index is 12.3. The number of hydrogen-bond donors (Lipinski definition) is 1. The summed E-state index contributed by atoms with van der Waals surface area (Å²) in [7, 11) is 4.10. The molecule has 2 aromatic rings. The Bertz CT molecular complexity index is 840. The summed E-state index contributed by atoms with van der Waals surface area (Å²) in [4.78, 5) is 23.5. The SMILES string of the molecule is COC(=O)C=Cc1ccc(OC(=O)c2ccc(O)c(OC)c2)c(OC)c1. The Labute approximate surface area is 150 Å². The molecule has 7 heteroatoms. The van der Waals surface area contributed by atoms with E-state index in [1.54, 1.807) is 24.3 Å². The molecule has 0 aliphatic heterocycles. The van der Waals surface area contributed by atoms with Gasteiger partial charge in [-0.3, -0.25) is 0 Å². The van der Waals surface area contributed by atoms with Gasteiger partial charge in [0.05, 0.1) is 26.9 Å². The number of aromatic hydroxyl groups is 1. The molecule has 0 bridgehead atoms. The summed E-state index contributed by atoms with van der Waals surface area (Å²) in [6.07, 6.45) is 2.81. The molecule has 136 valence electrons. The summed E-state index contributed by atoms with van der Waals surface area (Å²) < 4.78 is 20.1. The zero-order valence-electron chi connectivity index (χ0n) is 14.5. The van der Waals surface area contributed by atoms with Gasteiger partial charge in [0.15, 0.2) is 23.0 Å². The number of benzene rings is 2. The van der Waals surface area contributed by atoms with Crippen molar-refractivity contribution in [3.05, 3.63) is 53.6 Å². The fraction of sp³-hybridized carbons (Fsp3) is 0.158. The lowest BCUT2D eigenvalue weighted by Crippen LogP contribution is -2.09. The Morgan fingerprint density at radius 2 is 1.65 bits per heavy atom. The molecule has 0 unspecified atom stereocenters. The van der Waals surface area contributed by atoms with Gasteiger partial charge in [0.1, 0.15) is 0 Å². The lowest BCUT2D eigenvalue weighted by Gasteiger charge is -2.11. The van der Waals surface area contributed by atoms with Gasteiger partial charge in [-0.2, -0.15) is 0 Å². The standard InChI is InChI=1S/C19H18O7/c1-23-16-11-13(6-7-14(16)20)19(22)26-15-8-4-12(10-17(15)24-2)5-9-18(21)25-3/h4-11,20H,1-3H3. The number of methoxy groups -OCH3 is 3. The van der Waals surface area contributed by atoms with Crippen LogP contribution in [0.5, 0.6) is 23.0 Å². The summed E-state index contributed by atoms with van der Waals surface area (Å²) in [5, 5.41) is 9.59. The number of hydrogen-bond acceptors (Lipinski definition) is 7. The molecule has 1 N–H and O–H groups in total. The molecule has 0 heterocycles. The van der Waals surface area contributed by atoms with Gasteiger partial charge < -0.3 is 24.1 Å². The van der Waals surface area contributed by atoms with Gasteiger partial charge in [-0.15, -0.1) is 0 Å². The zero-order valence-corrected chi connectivity index (χ0v) is 14.5. The molecular formula is C19H18O7. The first-order valence-corrected chi connectivity index (χ1v) is 7.51. The average Bonchev–Trinajstić information content (AvgIpc) is 2.66.